The van der Waals surface area contributed by atoms with Crippen LogP contribution in [0.2, 0.25) is 0 Å². The molecule has 86 valence electrons. The van der Waals surface area contributed by atoms with E-state index in [2.05, 4.69) is 10.2 Å². The smallest absolute Gasteiger partial charge is 0.238 e. The molecule has 0 aliphatic rings. The average molecular weight is 240 g/mol. The van der Waals surface area contributed by atoms with Gasteiger partial charge in [-0.1, -0.05) is 0 Å². The number of anilines is 1. The summed E-state index contributed by atoms with van der Waals surface area (Å²) >= 11 is 0. The van der Waals surface area contributed by atoms with Crippen LogP contribution >= 0.6 is 0 Å². The van der Waals surface area contributed by atoms with Crippen LogP contribution in [0.5, 0.6) is 0 Å². The molecule has 2 aromatic rings. The van der Waals surface area contributed by atoms with Crippen LogP contribution < -0.4 is 10.9 Å². The summed E-state index contributed by atoms with van der Waals surface area (Å²) in [6.07, 6.45) is 3.46. The van der Waals surface area contributed by atoms with Crippen LogP contribution in [0.4, 0.5) is 5.69 Å². The lowest BCUT2D eigenvalue weighted by atomic mass is 10.3. The second-order valence-corrected chi connectivity index (χ2v) is 4.44. The number of hydrogen-bond acceptors (Lipinski definition) is 4. The number of rotatable bonds is 1. The molecule has 0 saturated carbocycles. The van der Waals surface area contributed by atoms with Crippen LogP contribution in [0.25, 0.3) is 0 Å². The van der Waals surface area contributed by atoms with Crippen LogP contribution in [0.15, 0.2) is 47.6 Å². The molecule has 6 nitrogen and oxygen atoms in total. The van der Waals surface area contributed by atoms with Gasteiger partial charge >= 0.3 is 0 Å². The van der Waals surface area contributed by atoms with E-state index in [1.54, 1.807) is 12.4 Å². The summed E-state index contributed by atoms with van der Waals surface area (Å²) < 4.78 is 21.4. The minimum Gasteiger partial charge on any atom is -0.399 e. The van der Waals surface area contributed by atoms with Gasteiger partial charge in [-0.25, -0.2) is 13.6 Å². The molecule has 1 aromatic carbocycles. The van der Waals surface area contributed by atoms with Gasteiger partial charge in [-0.3, -0.25) is 5.10 Å². The first-order valence-corrected chi connectivity index (χ1v) is 5.87. The first-order chi connectivity index (χ1) is 7.50. The van der Waals surface area contributed by atoms with Crippen molar-refractivity contribution in [3.05, 3.63) is 42.7 Å². The van der Waals surface area contributed by atoms with Gasteiger partial charge in [0.05, 0.1) is 4.90 Å². The maximum absolute atomic E-state index is 10.7. The third-order valence-electron chi connectivity index (χ3n) is 1.61. The molecule has 0 spiro atoms. The first-order valence-electron chi connectivity index (χ1n) is 4.32. The highest BCUT2D eigenvalue weighted by atomic mass is 32.2. The molecule has 0 bridgehead atoms. The summed E-state index contributed by atoms with van der Waals surface area (Å²) in [6, 6.07) is 7.54. The quantitative estimate of drug-likeness (QED) is 0.623. The van der Waals surface area contributed by atoms with Crippen molar-refractivity contribution in [2.45, 2.75) is 4.90 Å². The van der Waals surface area contributed by atoms with Crippen LogP contribution in [0.1, 0.15) is 0 Å². The molecule has 0 atom stereocenters. The number of nitrogen functional groups attached to an aromatic ring is 1. The van der Waals surface area contributed by atoms with Gasteiger partial charge in [0.25, 0.3) is 0 Å². The van der Waals surface area contributed by atoms with Gasteiger partial charge in [0.15, 0.2) is 0 Å². The minimum atomic E-state index is -3.58. The Kier molecular flexibility index (Phi) is 4.03. The summed E-state index contributed by atoms with van der Waals surface area (Å²) in [5, 5.41) is 11.0. The standard InChI is InChI=1S/C6H8N2O2S.C3H4N2/c7-5-1-3-6(4-2-5)11(8,9)10;1-2-4-5-3-1/h1-4H,7H2,(H2,8,9,10);1-3H,(H,4,5). The van der Waals surface area contributed by atoms with Crippen molar-refractivity contribution in [1.82, 2.24) is 10.2 Å². The van der Waals surface area contributed by atoms with Gasteiger partial charge in [0.2, 0.25) is 10.0 Å². The Hall–Kier alpha value is -1.86. The fourth-order valence-corrected chi connectivity index (χ4v) is 1.39. The number of aromatic amines is 1. The zero-order valence-electron chi connectivity index (χ0n) is 8.37. The average Bonchev–Trinajstić information content (AvgIpc) is 2.74. The van der Waals surface area contributed by atoms with E-state index >= 15 is 0 Å². The van der Waals surface area contributed by atoms with E-state index in [1.807, 2.05) is 6.07 Å². The highest BCUT2D eigenvalue weighted by Crippen LogP contribution is 2.08. The summed E-state index contributed by atoms with van der Waals surface area (Å²) in [5.41, 5.74) is 5.85. The maximum atomic E-state index is 10.7. The number of sulfonamides is 1. The third-order valence-corrected chi connectivity index (χ3v) is 2.54. The number of nitrogens with two attached hydrogens (primary N) is 2. The van der Waals surface area contributed by atoms with Gasteiger partial charge in [0.1, 0.15) is 0 Å². The van der Waals surface area contributed by atoms with Crippen molar-refractivity contribution >= 4 is 15.7 Å². The van der Waals surface area contributed by atoms with Crippen molar-refractivity contribution in [3.8, 4) is 0 Å². The van der Waals surface area contributed by atoms with Crippen molar-refractivity contribution in [2.75, 3.05) is 5.73 Å². The Labute approximate surface area is 93.3 Å². The molecule has 5 N–H and O–H groups in total. The zero-order valence-corrected chi connectivity index (χ0v) is 9.18. The molecular formula is C9H12N4O2S. The molecule has 0 aliphatic heterocycles. The molecule has 0 fully saturated rings. The lowest BCUT2D eigenvalue weighted by Gasteiger charge is -1.96. The highest BCUT2D eigenvalue weighted by molar-refractivity contribution is 7.89. The van der Waals surface area contributed by atoms with E-state index in [0.717, 1.165) is 0 Å². The summed E-state index contributed by atoms with van der Waals surface area (Å²) in [5.74, 6) is 0. The van der Waals surface area contributed by atoms with Crippen LogP contribution in [0.3, 0.4) is 0 Å². The van der Waals surface area contributed by atoms with Crippen molar-refractivity contribution < 1.29 is 8.42 Å². The van der Waals surface area contributed by atoms with Crippen molar-refractivity contribution in [2.24, 2.45) is 5.14 Å². The van der Waals surface area contributed by atoms with E-state index < -0.39 is 10.0 Å². The number of H-pyrrole nitrogens is 1. The topological polar surface area (TPSA) is 115 Å². The number of hydrogen-bond donors (Lipinski definition) is 3. The molecular weight excluding hydrogens is 228 g/mol. The number of aromatic nitrogens is 2. The molecule has 2 rings (SSSR count). The predicted molar refractivity (Wildman–Crippen MR) is 60.8 cm³/mol. The molecule has 0 unspecified atom stereocenters. The number of nitrogens with one attached hydrogen (secondary N) is 1. The zero-order chi connectivity index (χ0) is 12.0. The number of nitrogens with zero attached hydrogens (tertiary/aromatic N) is 1. The lowest BCUT2D eigenvalue weighted by Crippen LogP contribution is -2.11. The van der Waals surface area contributed by atoms with Gasteiger partial charge in [-0.2, -0.15) is 5.10 Å². The number of primary sulfonamides is 1. The Morgan fingerprint density at radius 1 is 1.19 bits per heavy atom. The largest absolute Gasteiger partial charge is 0.399 e. The summed E-state index contributed by atoms with van der Waals surface area (Å²) in [4.78, 5) is 0.0756. The van der Waals surface area contributed by atoms with E-state index in [1.165, 1.54) is 24.3 Å². The van der Waals surface area contributed by atoms with E-state index in [0.29, 0.717) is 5.69 Å². The molecule has 1 aromatic heterocycles. The molecule has 0 saturated heterocycles. The molecule has 0 radical (unpaired) electrons. The fraction of sp³-hybridized carbons (Fsp3) is 0. The van der Waals surface area contributed by atoms with E-state index in [4.69, 9.17) is 10.9 Å². The van der Waals surface area contributed by atoms with Crippen LogP contribution in [-0.2, 0) is 10.0 Å². The molecule has 7 heteroatoms. The van der Waals surface area contributed by atoms with E-state index in [-0.39, 0.29) is 4.90 Å². The Morgan fingerprint density at radius 2 is 1.81 bits per heavy atom. The van der Waals surface area contributed by atoms with E-state index in [9.17, 15) is 8.42 Å². The summed E-state index contributed by atoms with van der Waals surface area (Å²) in [7, 11) is -3.58. The second kappa shape index (κ2) is 5.29. The van der Waals surface area contributed by atoms with Crippen molar-refractivity contribution in [1.29, 1.82) is 0 Å². The molecule has 0 aliphatic carbocycles. The van der Waals surface area contributed by atoms with Crippen molar-refractivity contribution in [3.63, 3.8) is 0 Å². The second-order valence-electron chi connectivity index (χ2n) is 2.88. The normalized spacial score (nSPS) is 10.3. The highest BCUT2D eigenvalue weighted by Gasteiger charge is 2.04. The molecule has 0 amide bonds. The van der Waals surface area contributed by atoms with Crippen LogP contribution in [-0.4, -0.2) is 18.6 Å². The van der Waals surface area contributed by atoms with Gasteiger partial charge in [0, 0.05) is 18.1 Å². The maximum Gasteiger partial charge on any atom is 0.238 e. The first kappa shape index (κ1) is 12.2. The van der Waals surface area contributed by atoms with Gasteiger partial charge in [-0.05, 0) is 30.3 Å². The fourth-order valence-electron chi connectivity index (χ4n) is 0.873. The Bertz CT molecular complexity index is 488. The third kappa shape index (κ3) is 4.11. The summed E-state index contributed by atoms with van der Waals surface area (Å²) in [6.45, 7) is 0. The molecule has 1 heterocycles. The SMILES string of the molecule is Nc1ccc(S(N)(=O)=O)cc1.c1cn[nH]c1. The minimum absolute atomic E-state index is 0.0756. The van der Waals surface area contributed by atoms with Gasteiger partial charge in [-0.15, -0.1) is 0 Å². The predicted octanol–water partition coefficient (Wildman–Crippen LogP) is 0.326. The van der Waals surface area contributed by atoms with Gasteiger partial charge < -0.3 is 5.73 Å². The Morgan fingerprint density at radius 3 is 2.12 bits per heavy atom. The lowest BCUT2D eigenvalue weighted by molar-refractivity contribution is 0.598. The monoisotopic (exact) mass is 240 g/mol. The Balaban J connectivity index is 0.000000212. The van der Waals surface area contributed by atoms with Crippen LogP contribution in [0, 0.1) is 0 Å². The molecule has 16 heavy (non-hydrogen) atoms. The number of benzene rings is 1.